The molecule has 24 nitrogen and oxygen atoms in total. The number of alkyl halides is 2. The molecule has 0 bridgehead atoms. The Bertz CT molecular complexity index is 6830. The van der Waals surface area contributed by atoms with E-state index in [1.165, 1.54) is 68.9 Å². The molecule has 26 heteroatoms. The highest BCUT2D eigenvalue weighted by Crippen LogP contribution is 2.47. The molecule has 15 aromatic heterocycles. The summed E-state index contributed by atoms with van der Waals surface area (Å²) in [7, 11) is 1.95. The highest BCUT2D eigenvalue weighted by Gasteiger charge is 2.35. The predicted octanol–water partition coefficient (Wildman–Crippen LogP) is 24.2. The summed E-state index contributed by atoms with van der Waals surface area (Å²) in [5.41, 5.74) is 30.0. The number of fused-ring (bicyclic) bond motifs is 4. The van der Waals surface area contributed by atoms with Crippen molar-refractivity contribution in [2.45, 2.75) is 238 Å². The third kappa shape index (κ3) is 19.1. The van der Waals surface area contributed by atoms with Crippen LogP contribution < -0.4 is 0 Å². The van der Waals surface area contributed by atoms with Crippen LogP contribution in [0.4, 0.5) is 8.78 Å². The second-order valence-electron chi connectivity index (χ2n) is 39.2. The van der Waals surface area contributed by atoms with Crippen molar-refractivity contribution in [3.8, 4) is 107 Å². The molecule has 2 saturated heterocycles. The number of hydrogen-bond donors (Lipinski definition) is 0. The van der Waals surface area contributed by atoms with E-state index in [1.807, 2.05) is 104 Å². The van der Waals surface area contributed by atoms with Crippen LogP contribution >= 0.6 is 0 Å². The van der Waals surface area contributed by atoms with Crippen LogP contribution in [-0.2, 0) is 54.7 Å². The summed E-state index contributed by atoms with van der Waals surface area (Å²) in [5.74, 6) is 3.24. The average Bonchev–Trinajstić information content (AvgIpc) is 1.63. The minimum absolute atomic E-state index is 0.0922. The average molecular weight is 1770 g/mol. The van der Waals surface area contributed by atoms with Crippen LogP contribution in [0.3, 0.4) is 0 Å². The van der Waals surface area contributed by atoms with E-state index < -0.39 is 12.5 Å². The Morgan fingerprint density at radius 3 is 1.04 bits per heavy atom. The molecule has 0 atom stereocenters. The summed E-state index contributed by atoms with van der Waals surface area (Å²) in [6, 6.07) is 23.2. The number of benzene rings is 1. The quantitative estimate of drug-likeness (QED) is 0.0681. The predicted molar refractivity (Wildman–Crippen MR) is 507 cm³/mol. The molecule has 2 saturated carbocycles. The zero-order valence-corrected chi connectivity index (χ0v) is 78.4. The van der Waals surface area contributed by atoms with E-state index in [0.29, 0.717) is 11.1 Å². The molecule has 131 heavy (non-hydrogen) atoms. The molecule has 4 fully saturated rings. The van der Waals surface area contributed by atoms with Gasteiger partial charge in [0.15, 0.2) is 0 Å². The second-order valence-corrected chi connectivity index (χ2v) is 39.2. The van der Waals surface area contributed by atoms with Crippen molar-refractivity contribution in [2.24, 2.45) is 28.7 Å². The maximum absolute atomic E-state index is 13.5. The molecule has 678 valence electrons. The number of halogens is 2. The molecule has 17 heterocycles. The molecule has 2 aliphatic heterocycles. The fourth-order valence-electron chi connectivity index (χ4n) is 20.2. The number of hydrogen-bond acceptors (Lipinski definition) is 18. The van der Waals surface area contributed by atoms with Gasteiger partial charge in [-0.3, -0.25) is 29.3 Å². The maximum atomic E-state index is 13.5. The summed E-state index contributed by atoms with van der Waals surface area (Å²) in [6.07, 6.45) is 48.3. The van der Waals surface area contributed by atoms with Gasteiger partial charge in [-0.2, -0.15) is 15.5 Å². The van der Waals surface area contributed by atoms with Crippen LogP contribution in [0.1, 0.15) is 195 Å². The van der Waals surface area contributed by atoms with Crippen LogP contribution in [-0.4, -0.2) is 116 Å². The molecule has 2 aliphatic carbocycles. The highest BCUT2D eigenvalue weighted by atomic mass is 19.3. The van der Waals surface area contributed by atoms with Crippen LogP contribution in [0.25, 0.3) is 133 Å². The zero-order valence-electron chi connectivity index (χ0n) is 78.4. The number of aromatic nitrogens is 17. The van der Waals surface area contributed by atoms with E-state index in [2.05, 4.69) is 187 Å². The number of terminal acetylenes is 1. The minimum atomic E-state index is -2.84. The number of nitrogens with zero attached hydrogens (tertiary/aromatic N) is 18. The van der Waals surface area contributed by atoms with Crippen molar-refractivity contribution >= 4 is 44.1 Å². The summed E-state index contributed by atoms with van der Waals surface area (Å²) in [6.45, 7) is 36.5. The van der Waals surface area contributed by atoms with E-state index in [9.17, 15) is 8.78 Å². The Labute approximate surface area is 763 Å². The van der Waals surface area contributed by atoms with Crippen molar-refractivity contribution in [3.63, 3.8) is 0 Å². The summed E-state index contributed by atoms with van der Waals surface area (Å²) < 4.78 is 72.4. The fourth-order valence-corrected chi connectivity index (χ4v) is 20.2. The molecular weight excluding hydrogens is 1650 g/mol. The molecule has 20 rings (SSSR count). The van der Waals surface area contributed by atoms with Gasteiger partial charge in [-0.15, -0.1) is 6.42 Å². The van der Waals surface area contributed by atoms with Crippen LogP contribution in [0.2, 0.25) is 0 Å². The summed E-state index contributed by atoms with van der Waals surface area (Å²) in [4.78, 5) is 23.9. The van der Waals surface area contributed by atoms with Gasteiger partial charge in [0.25, 0.3) is 5.92 Å². The van der Waals surface area contributed by atoms with Crippen molar-refractivity contribution in [2.75, 3.05) is 26.4 Å². The van der Waals surface area contributed by atoms with E-state index in [-0.39, 0.29) is 21.7 Å². The van der Waals surface area contributed by atoms with Crippen LogP contribution in [0.5, 0.6) is 0 Å². The Morgan fingerprint density at radius 1 is 0.397 bits per heavy atom. The zero-order chi connectivity index (χ0) is 92.1. The number of ether oxygens (including phenoxy) is 2. The maximum Gasteiger partial charge on any atom is 0.264 e. The molecular formula is C105H118F2N18O6. The molecule has 1 aromatic carbocycles. The van der Waals surface area contributed by atoms with E-state index >= 15 is 0 Å². The van der Waals surface area contributed by atoms with Gasteiger partial charge in [-0.05, 0) is 190 Å². The summed E-state index contributed by atoms with van der Waals surface area (Å²) >= 11 is 0. The highest BCUT2D eigenvalue weighted by molar-refractivity contribution is 5.98. The Kier molecular flexibility index (Phi) is 25.1. The summed E-state index contributed by atoms with van der Waals surface area (Å²) in [5, 5.41) is 34.2. The van der Waals surface area contributed by atoms with E-state index in [1.54, 1.807) is 24.7 Å². The van der Waals surface area contributed by atoms with Gasteiger partial charge >= 0.3 is 0 Å². The monoisotopic (exact) mass is 1760 g/mol. The molecule has 0 N–H and O–H groups in total. The van der Waals surface area contributed by atoms with Crippen molar-refractivity contribution in [1.82, 2.24) is 83.4 Å². The molecule has 0 spiro atoms. The molecule has 4 aliphatic rings. The largest absolute Gasteiger partial charge is 0.381 e. The molecule has 0 amide bonds. The Balaban J connectivity index is 0.000000122. The lowest BCUT2D eigenvalue weighted by molar-refractivity contribution is 0.000567. The fraction of sp³-hybridized carbons (Fsp3) is 0.429. The Morgan fingerprint density at radius 2 is 0.725 bits per heavy atom. The first-order chi connectivity index (χ1) is 62.7. The first-order valence-electron chi connectivity index (χ1n) is 45.9. The lowest BCUT2D eigenvalue weighted by Gasteiger charge is -2.34. The van der Waals surface area contributed by atoms with Gasteiger partial charge in [0.2, 0.25) is 0 Å². The van der Waals surface area contributed by atoms with E-state index in [4.69, 9.17) is 59.2 Å². The lowest BCUT2D eigenvalue weighted by Crippen LogP contribution is -2.30. The van der Waals surface area contributed by atoms with Gasteiger partial charge in [0, 0.05) is 218 Å². The van der Waals surface area contributed by atoms with Crippen molar-refractivity contribution in [1.29, 1.82) is 5.26 Å². The van der Waals surface area contributed by atoms with Gasteiger partial charge in [-0.25, -0.2) is 13.8 Å². The number of pyridine rings is 5. The minimum Gasteiger partial charge on any atom is -0.381 e. The van der Waals surface area contributed by atoms with Crippen molar-refractivity contribution < 1.29 is 36.3 Å². The molecule has 0 radical (unpaired) electrons. The third-order valence-electron chi connectivity index (χ3n) is 27.8. The van der Waals surface area contributed by atoms with Gasteiger partial charge in [-0.1, -0.05) is 117 Å². The molecule has 16 aromatic rings. The SMILES string of the molecule is C#CC(C)(C)c1ccc(-c2cn(CC3(C)CCOCC3)c3cc(-c4c(C)noc4C)cnc23)cc1.Cc1noc(C)c1-c1cnc2c(-c3ccc(C#N)nc3)cn(CC3(C)CCCCC3)c2c1.Cc1noc(C)c1-c1cnc2c(-c3cnn(C)c3)cn(CC3(C)CCCCC3)c2c1.Cc1noc(C)c1-c1cnc2c(-c3cnn(CC(C)(F)F)c3)cn(CC3(C)CCOCC3)c2c1. The lowest BCUT2D eigenvalue weighted by atomic mass is 9.75. The Hall–Kier alpha value is -12.8. The number of rotatable bonds is 19. The van der Waals surface area contributed by atoms with Crippen LogP contribution in [0.15, 0.2) is 159 Å². The van der Waals surface area contributed by atoms with Gasteiger partial charge < -0.3 is 45.8 Å². The van der Waals surface area contributed by atoms with E-state index in [0.717, 1.165) is 270 Å². The third-order valence-corrected chi connectivity index (χ3v) is 27.8. The van der Waals surface area contributed by atoms with Gasteiger partial charge in [0.1, 0.15) is 41.3 Å². The first kappa shape index (κ1) is 90.2. The van der Waals surface area contributed by atoms with Crippen LogP contribution in [0, 0.1) is 101 Å². The topological polar surface area (TPSA) is 266 Å². The number of aryl methyl sites for hydroxylation is 9. The second kappa shape index (κ2) is 36.5. The number of nitriles is 1. The normalized spacial score (nSPS) is 16.1. The van der Waals surface area contributed by atoms with Crippen molar-refractivity contribution in [3.05, 3.63) is 198 Å². The molecule has 0 unspecified atom stereocenters. The standard InChI is InChI=1S/C30H33N3O2.C26H27N5O.C25H29F2N5O2.C24H29N5O/c1-7-29(4,5)24-10-8-22(9-11-24)25-18-33(19-30(6)12-14-34-15-13-30)26-16-23(17-31-28(25)26)27-20(2)32-35-21(27)3;1-17-24(18(2)32-30-17)20-11-23-25(29-14-20)22(19-7-8-21(12-27)28-13-19)15-31(23)16-26(3)9-5-4-6-10-26;1-16-22(17(2)34-30-16)18-9-21-23(28-10-18)20(19-11-29-32(12-19)15-25(4,26)27)13-31(21)14-24(3)5-7-33-8-6-24;1-16-22(17(2)30-27-16)18-10-21-23(25-11-18)20(19-12-26-28(4)13-19)14-29(21)15-24(3)8-6-5-7-9-24/h1,8-11,16-18H,12-15,19H2,2-6H3;7-8,11,13-15H,4-6,9-10,16H2,1-3H3;9-13H,5-8,14-15H2,1-4H3;10-14H,5-9,15H2,1-4H3. The first-order valence-corrected chi connectivity index (χ1v) is 45.9. The van der Waals surface area contributed by atoms with Gasteiger partial charge in [0.05, 0.1) is 84.7 Å². The smallest absolute Gasteiger partial charge is 0.264 e.